The van der Waals surface area contributed by atoms with Gasteiger partial charge in [0.25, 0.3) is 0 Å². The molecule has 0 amide bonds. The minimum atomic E-state index is -0.553. The lowest BCUT2D eigenvalue weighted by atomic mass is 10.2. The summed E-state index contributed by atoms with van der Waals surface area (Å²) in [5.74, 6) is -0.107. The number of aryl methyl sites for hydroxylation is 1. The van der Waals surface area contributed by atoms with E-state index in [1.54, 1.807) is 6.20 Å². The van der Waals surface area contributed by atoms with Crippen LogP contribution in [-0.4, -0.2) is 14.1 Å². The molecule has 0 radical (unpaired) electrons. The van der Waals surface area contributed by atoms with Gasteiger partial charge in [-0.1, -0.05) is 19.1 Å². The van der Waals surface area contributed by atoms with Crippen LogP contribution in [0.2, 0.25) is 0 Å². The van der Waals surface area contributed by atoms with Gasteiger partial charge in [-0.15, -0.1) is 0 Å². The standard InChI is InChI=1S/C9H13N3O2S/c1-6(7(10)15)5-12-4-3-11(2)8(13)9(12)14/h3-4,6H,5H2,1-2H3,(H2,10,15). The van der Waals surface area contributed by atoms with Gasteiger partial charge >= 0.3 is 11.1 Å². The summed E-state index contributed by atoms with van der Waals surface area (Å²) in [7, 11) is 1.53. The van der Waals surface area contributed by atoms with Crippen molar-refractivity contribution in [1.82, 2.24) is 9.13 Å². The Morgan fingerprint density at radius 3 is 2.60 bits per heavy atom. The molecule has 1 rings (SSSR count). The second-order valence-corrected chi connectivity index (χ2v) is 3.95. The average Bonchev–Trinajstić information content (AvgIpc) is 2.18. The van der Waals surface area contributed by atoms with E-state index in [1.807, 2.05) is 6.92 Å². The molecule has 0 bridgehead atoms. The van der Waals surface area contributed by atoms with Gasteiger partial charge in [0.15, 0.2) is 0 Å². The first-order chi connectivity index (χ1) is 6.93. The Bertz CT molecular complexity index is 489. The van der Waals surface area contributed by atoms with Gasteiger partial charge in [-0.05, 0) is 0 Å². The molecule has 0 aliphatic heterocycles. The maximum Gasteiger partial charge on any atom is 0.316 e. The summed E-state index contributed by atoms with van der Waals surface area (Å²) >= 11 is 4.80. The van der Waals surface area contributed by atoms with Crippen LogP contribution in [0.15, 0.2) is 22.0 Å². The third-order valence-corrected chi connectivity index (χ3v) is 2.59. The van der Waals surface area contributed by atoms with Crippen LogP contribution < -0.4 is 16.9 Å². The van der Waals surface area contributed by atoms with E-state index < -0.39 is 11.1 Å². The first kappa shape index (κ1) is 11.6. The zero-order valence-electron chi connectivity index (χ0n) is 8.64. The molecule has 1 atom stereocenters. The van der Waals surface area contributed by atoms with Crippen molar-refractivity contribution in [2.45, 2.75) is 13.5 Å². The number of nitrogens with zero attached hydrogens (tertiary/aromatic N) is 2. The van der Waals surface area contributed by atoms with Crippen LogP contribution >= 0.6 is 12.2 Å². The zero-order valence-corrected chi connectivity index (χ0v) is 9.45. The topological polar surface area (TPSA) is 70.0 Å². The molecule has 5 nitrogen and oxygen atoms in total. The monoisotopic (exact) mass is 227 g/mol. The van der Waals surface area contributed by atoms with Crippen LogP contribution in [0.3, 0.4) is 0 Å². The first-order valence-corrected chi connectivity index (χ1v) is 4.89. The maximum atomic E-state index is 11.5. The van der Waals surface area contributed by atoms with Crippen molar-refractivity contribution in [2.75, 3.05) is 0 Å². The minimum Gasteiger partial charge on any atom is -0.393 e. The molecule has 1 unspecified atom stereocenters. The smallest absolute Gasteiger partial charge is 0.316 e. The normalized spacial score (nSPS) is 12.4. The highest BCUT2D eigenvalue weighted by Gasteiger charge is 2.08. The summed E-state index contributed by atoms with van der Waals surface area (Å²) in [5, 5.41) is 0. The molecule has 15 heavy (non-hydrogen) atoms. The van der Waals surface area contributed by atoms with Crippen LogP contribution in [0.1, 0.15) is 6.92 Å². The SMILES string of the molecule is CC(Cn1ccn(C)c(=O)c1=O)C(N)=S. The van der Waals surface area contributed by atoms with E-state index in [4.69, 9.17) is 18.0 Å². The molecule has 2 N–H and O–H groups in total. The molecular formula is C9H13N3O2S. The van der Waals surface area contributed by atoms with Crippen molar-refractivity contribution in [3.63, 3.8) is 0 Å². The fraction of sp³-hybridized carbons (Fsp3) is 0.444. The molecule has 0 aliphatic rings. The van der Waals surface area contributed by atoms with Crippen LogP contribution in [0.4, 0.5) is 0 Å². The molecule has 1 aromatic heterocycles. The predicted octanol–water partition coefficient (Wildman–Crippen LogP) is -0.531. The summed E-state index contributed by atoms with van der Waals surface area (Å²) in [6, 6.07) is 0. The van der Waals surface area contributed by atoms with E-state index in [0.29, 0.717) is 11.5 Å². The Morgan fingerprint density at radius 1 is 1.47 bits per heavy atom. The van der Waals surface area contributed by atoms with Gasteiger partial charge in [-0.2, -0.15) is 0 Å². The van der Waals surface area contributed by atoms with Crippen molar-refractivity contribution < 1.29 is 0 Å². The Morgan fingerprint density at radius 2 is 2.07 bits per heavy atom. The average molecular weight is 227 g/mol. The second-order valence-electron chi connectivity index (χ2n) is 3.48. The quantitative estimate of drug-likeness (QED) is 0.556. The van der Waals surface area contributed by atoms with Gasteiger partial charge in [0, 0.05) is 31.9 Å². The van der Waals surface area contributed by atoms with Crippen LogP contribution in [-0.2, 0) is 13.6 Å². The molecule has 0 saturated carbocycles. The zero-order chi connectivity index (χ0) is 11.6. The molecule has 0 aliphatic carbocycles. The lowest BCUT2D eigenvalue weighted by molar-refractivity contribution is 0.564. The molecule has 0 spiro atoms. The Kier molecular flexibility index (Phi) is 3.41. The molecule has 0 aromatic carbocycles. The highest BCUT2D eigenvalue weighted by molar-refractivity contribution is 7.80. The number of rotatable bonds is 3. The fourth-order valence-electron chi connectivity index (χ4n) is 1.12. The van der Waals surface area contributed by atoms with Gasteiger partial charge < -0.3 is 14.9 Å². The fourth-order valence-corrected chi connectivity index (χ4v) is 1.19. The summed E-state index contributed by atoms with van der Waals surface area (Å²) in [6.07, 6.45) is 3.09. The summed E-state index contributed by atoms with van der Waals surface area (Å²) < 4.78 is 2.57. The first-order valence-electron chi connectivity index (χ1n) is 4.49. The number of hydrogen-bond donors (Lipinski definition) is 1. The second kappa shape index (κ2) is 4.39. The van der Waals surface area contributed by atoms with Crippen LogP contribution in [0.25, 0.3) is 0 Å². The molecule has 1 heterocycles. The number of hydrogen-bond acceptors (Lipinski definition) is 3. The lowest BCUT2D eigenvalue weighted by Crippen LogP contribution is -2.41. The van der Waals surface area contributed by atoms with E-state index >= 15 is 0 Å². The van der Waals surface area contributed by atoms with E-state index in [9.17, 15) is 9.59 Å². The van der Waals surface area contributed by atoms with Gasteiger partial charge in [-0.3, -0.25) is 9.59 Å². The van der Waals surface area contributed by atoms with Crippen LogP contribution in [0.5, 0.6) is 0 Å². The Hall–Kier alpha value is -1.43. The number of aromatic nitrogens is 2. The highest BCUT2D eigenvalue weighted by atomic mass is 32.1. The number of nitrogens with two attached hydrogens (primary N) is 1. The molecule has 0 saturated heterocycles. The maximum absolute atomic E-state index is 11.5. The largest absolute Gasteiger partial charge is 0.393 e. The predicted molar refractivity (Wildman–Crippen MR) is 61.9 cm³/mol. The van der Waals surface area contributed by atoms with E-state index in [-0.39, 0.29) is 5.92 Å². The highest BCUT2D eigenvalue weighted by Crippen LogP contribution is 1.97. The van der Waals surface area contributed by atoms with Crippen molar-refractivity contribution in [3.05, 3.63) is 33.1 Å². The molecule has 82 valence electrons. The molecule has 6 heteroatoms. The third-order valence-electron chi connectivity index (χ3n) is 2.19. The van der Waals surface area contributed by atoms with Crippen molar-refractivity contribution >= 4 is 17.2 Å². The van der Waals surface area contributed by atoms with E-state index in [1.165, 1.54) is 22.4 Å². The number of thiocarbonyl (C=S) groups is 1. The lowest BCUT2D eigenvalue weighted by Gasteiger charge is -2.11. The Labute approximate surface area is 92.1 Å². The Balaban J connectivity index is 3.08. The minimum absolute atomic E-state index is 0.107. The van der Waals surface area contributed by atoms with Gasteiger partial charge in [0.1, 0.15) is 0 Å². The summed E-state index contributed by atoms with van der Waals surface area (Å²) in [4.78, 5) is 23.1. The van der Waals surface area contributed by atoms with Crippen molar-refractivity contribution in [2.24, 2.45) is 18.7 Å². The summed E-state index contributed by atoms with van der Waals surface area (Å²) in [6.45, 7) is 2.15. The summed E-state index contributed by atoms with van der Waals surface area (Å²) in [5.41, 5.74) is 4.33. The van der Waals surface area contributed by atoms with Crippen LogP contribution in [0, 0.1) is 5.92 Å². The van der Waals surface area contributed by atoms with E-state index in [0.717, 1.165) is 0 Å². The van der Waals surface area contributed by atoms with Crippen molar-refractivity contribution in [1.29, 1.82) is 0 Å². The van der Waals surface area contributed by atoms with E-state index in [2.05, 4.69) is 0 Å². The molecule has 1 aromatic rings. The van der Waals surface area contributed by atoms with Crippen molar-refractivity contribution in [3.8, 4) is 0 Å². The van der Waals surface area contributed by atoms with Gasteiger partial charge in [-0.25, -0.2) is 0 Å². The third kappa shape index (κ3) is 2.53. The van der Waals surface area contributed by atoms with Gasteiger partial charge in [0.2, 0.25) is 0 Å². The molecule has 0 fully saturated rings. The van der Waals surface area contributed by atoms with Gasteiger partial charge in [0.05, 0.1) is 4.99 Å². The molecular weight excluding hydrogens is 214 g/mol.